The number of aliphatic hydroxyl groups excluding tert-OH is 1. The van der Waals surface area contributed by atoms with Crippen LogP contribution in [0.1, 0.15) is 33.6 Å². The van der Waals surface area contributed by atoms with Crippen LogP contribution in [0.3, 0.4) is 0 Å². The minimum Gasteiger partial charge on any atom is -0.394 e. The Bertz CT molecular complexity index is 216. The van der Waals surface area contributed by atoms with Crippen molar-refractivity contribution >= 4 is 0 Å². The van der Waals surface area contributed by atoms with Gasteiger partial charge in [-0.15, -0.1) is 0 Å². The Morgan fingerprint density at radius 3 is 2.50 bits per heavy atom. The highest BCUT2D eigenvalue weighted by Crippen LogP contribution is 2.38. The molecule has 1 fully saturated rings. The predicted octanol–water partition coefficient (Wildman–Crippen LogP) is 1.32. The smallest absolute Gasteiger partial charge is 0.0611 e. The first kappa shape index (κ1) is 13.9. The molecule has 3 heteroatoms. The molecule has 0 aromatic heterocycles. The molecule has 4 atom stereocenters. The van der Waals surface area contributed by atoms with E-state index < -0.39 is 0 Å². The average molecular weight is 228 g/mol. The minimum atomic E-state index is -0.150. The first-order valence-electron chi connectivity index (χ1n) is 6.42. The minimum absolute atomic E-state index is 0.150. The van der Waals surface area contributed by atoms with Crippen LogP contribution in [-0.2, 0) is 0 Å². The van der Waals surface area contributed by atoms with Gasteiger partial charge in [-0.1, -0.05) is 6.92 Å². The third-order valence-electron chi connectivity index (χ3n) is 4.25. The van der Waals surface area contributed by atoms with Crippen molar-refractivity contribution in [2.45, 2.75) is 45.2 Å². The summed E-state index contributed by atoms with van der Waals surface area (Å²) in [5, 5.41) is 12.6. The van der Waals surface area contributed by atoms with Gasteiger partial charge in [0.15, 0.2) is 0 Å². The van der Waals surface area contributed by atoms with Gasteiger partial charge >= 0.3 is 0 Å². The van der Waals surface area contributed by atoms with Crippen LogP contribution in [0.15, 0.2) is 0 Å². The molecule has 2 N–H and O–H groups in total. The highest BCUT2D eigenvalue weighted by atomic mass is 16.3. The molecule has 0 aromatic carbocycles. The van der Waals surface area contributed by atoms with E-state index >= 15 is 0 Å². The molecule has 1 saturated carbocycles. The summed E-state index contributed by atoms with van der Waals surface area (Å²) in [6.07, 6.45) is 2.37. The SMILES string of the molecule is CNC(C)(CO)CC(C)N(C)CC1CC1C. The zero-order valence-corrected chi connectivity index (χ0v) is 11.5. The van der Waals surface area contributed by atoms with E-state index in [1.54, 1.807) is 0 Å². The second-order valence-electron chi connectivity index (χ2n) is 5.93. The van der Waals surface area contributed by atoms with Gasteiger partial charge in [-0.05, 0) is 52.6 Å². The van der Waals surface area contributed by atoms with E-state index in [1.165, 1.54) is 13.0 Å². The molecule has 0 spiro atoms. The molecule has 0 radical (unpaired) electrons. The number of hydrogen-bond donors (Lipinski definition) is 2. The molecule has 0 heterocycles. The van der Waals surface area contributed by atoms with Gasteiger partial charge in [0.1, 0.15) is 0 Å². The fraction of sp³-hybridized carbons (Fsp3) is 1.00. The van der Waals surface area contributed by atoms with Gasteiger partial charge < -0.3 is 15.3 Å². The summed E-state index contributed by atoms with van der Waals surface area (Å²) in [4.78, 5) is 2.43. The van der Waals surface area contributed by atoms with Gasteiger partial charge in [0, 0.05) is 18.1 Å². The molecular formula is C13H28N2O. The van der Waals surface area contributed by atoms with Crippen molar-refractivity contribution in [2.24, 2.45) is 11.8 Å². The highest BCUT2D eigenvalue weighted by Gasteiger charge is 2.34. The maximum Gasteiger partial charge on any atom is 0.0611 e. The van der Waals surface area contributed by atoms with E-state index in [-0.39, 0.29) is 12.1 Å². The van der Waals surface area contributed by atoms with Crippen molar-refractivity contribution in [1.29, 1.82) is 0 Å². The normalized spacial score (nSPS) is 30.2. The molecular weight excluding hydrogens is 200 g/mol. The largest absolute Gasteiger partial charge is 0.394 e. The van der Waals surface area contributed by atoms with E-state index in [0.717, 1.165) is 18.3 Å². The van der Waals surface area contributed by atoms with Crippen LogP contribution in [0, 0.1) is 11.8 Å². The standard InChI is InChI=1S/C13H28N2O/c1-10-6-12(10)8-15(5)11(2)7-13(3,9-16)14-4/h10-12,14,16H,6-9H2,1-5H3. The van der Waals surface area contributed by atoms with Gasteiger partial charge in [0.25, 0.3) is 0 Å². The van der Waals surface area contributed by atoms with Crippen LogP contribution in [0.2, 0.25) is 0 Å². The molecule has 3 nitrogen and oxygen atoms in total. The number of rotatable bonds is 7. The Balaban J connectivity index is 2.35. The molecule has 1 aliphatic rings. The van der Waals surface area contributed by atoms with Crippen molar-refractivity contribution in [3.63, 3.8) is 0 Å². The van der Waals surface area contributed by atoms with Crippen molar-refractivity contribution in [3.8, 4) is 0 Å². The highest BCUT2D eigenvalue weighted by molar-refractivity contribution is 4.89. The van der Waals surface area contributed by atoms with E-state index in [1.807, 2.05) is 7.05 Å². The Morgan fingerprint density at radius 1 is 1.56 bits per heavy atom. The first-order chi connectivity index (χ1) is 7.41. The zero-order valence-electron chi connectivity index (χ0n) is 11.5. The number of likely N-dealkylation sites (N-methyl/N-ethyl adjacent to an activating group) is 1. The quantitative estimate of drug-likeness (QED) is 0.690. The summed E-state index contributed by atoms with van der Waals surface area (Å²) in [5.41, 5.74) is -0.150. The Morgan fingerprint density at radius 2 is 2.12 bits per heavy atom. The van der Waals surface area contributed by atoms with E-state index in [0.29, 0.717) is 6.04 Å². The molecule has 0 amide bonds. The maximum atomic E-state index is 9.37. The number of nitrogens with one attached hydrogen (secondary N) is 1. The van der Waals surface area contributed by atoms with Gasteiger partial charge in [-0.25, -0.2) is 0 Å². The number of aliphatic hydroxyl groups is 1. The van der Waals surface area contributed by atoms with E-state index in [9.17, 15) is 5.11 Å². The molecule has 0 aromatic rings. The Labute approximate surface area is 100 Å². The Hall–Kier alpha value is -0.120. The van der Waals surface area contributed by atoms with Crippen LogP contribution in [-0.4, -0.2) is 48.8 Å². The van der Waals surface area contributed by atoms with Crippen molar-refractivity contribution in [2.75, 3.05) is 27.2 Å². The van der Waals surface area contributed by atoms with Crippen LogP contribution < -0.4 is 5.32 Å². The summed E-state index contributed by atoms with van der Waals surface area (Å²) >= 11 is 0. The topological polar surface area (TPSA) is 35.5 Å². The summed E-state index contributed by atoms with van der Waals surface area (Å²) in [6.45, 7) is 8.05. The van der Waals surface area contributed by atoms with Crippen molar-refractivity contribution in [3.05, 3.63) is 0 Å². The molecule has 0 bridgehead atoms. The zero-order chi connectivity index (χ0) is 12.3. The second-order valence-corrected chi connectivity index (χ2v) is 5.93. The van der Waals surface area contributed by atoms with Crippen molar-refractivity contribution < 1.29 is 5.11 Å². The molecule has 16 heavy (non-hydrogen) atoms. The van der Waals surface area contributed by atoms with Crippen LogP contribution in [0.5, 0.6) is 0 Å². The molecule has 1 aliphatic carbocycles. The monoisotopic (exact) mass is 228 g/mol. The van der Waals surface area contributed by atoms with Crippen LogP contribution in [0.4, 0.5) is 0 Å². The van der Waals surface area contributed by atoms with Gasteiger partial charge in [0.2, 0.25) is 0 Å². The summed E-state index contributed by atoms with van der Waals surface area (Å²) < 4.78 is 0. The summed E-state index contributed by atoms with van der Waals surface area (Å²) in [5.74, 6) is 1.82. The maximum absolute atomic E-state index is 9.37. The van der Waals surface area contributed by atoms with E-state index in [2.05, 4.69) is 38.0 Å². The molecule has 1 rings (SSSR count). The Kier molecular flexibility index (Phi) is 4.77. The van der Waals surface area contributed by atoms with Crippen LogP contribution in [0.25, 0.3) is 0 Å². The summed E-state index contributed by atoms with van der Waals surface area (Å²) in [6, 6.07) is 0.511. The van der Waals surface area contributed by atoms with E-state index in [4.69, 9.17) is 0 Å². The second kappa shape index (κ2) is 5.48. The number of hydrogen-bond acceptors (Lipinski definition) is 3. The fourth-order valence-corrected chi connectivity index (χ4v) is 2.26. The molecule has 0 aliphatic heterocycles. The third kappa shape index (κ3) is 3.72. The lowest BCUT2D eigenvalue weighted by atomic mass is 9.94. The lowest BCUT2D eigenvalue weighted by molar-refractivity contribution is 0.130. The predicted molar refractivity (Wildman–Crippen MR) is 68.5 cm³/mol. The lowest BCUT2D eigenvalue weighted by Crippen LogP contribution is -2.48. The van der Waals surface area contributed by atoms with Crippen LogP contribution >= 0.6 is 0 Å². The van der Waals surface area contributed by atoms with Crippen molar-refractivity contribution in [1.82, 2.24) is 10.2 Å². The van der Waals surface area contributed by atoms with Gasteiger partial charge in [-0.2, -0.15) is 0 Å². The first-order valence-corrected chi connectivity index (χ1v) is 6.42. The fourth-order valence-electron chi connectivity index (χ4n) is 2.26. The molecule has 96 valence electrons. The molecule has 0 saturated heterocycles. The lowest BCUT2D eigenvalue weighted by Gasteiger charge is -2.34. The third-order valence-corrected chi connectivity index (χ3v) is 4.25. The number of nitrogens with zero attached hydrogens (tertiary/aromatic N) is 1. The summed E-state index contributed by atoms with van der Waals surface area (Å²) in [7, 11) is 4.12. The molecule has 4 unspecified atom stereocenters. The van der Waals surface area contributed by atoms with Gasteiger partial charge in [-0.3, -0.25) is 0 Å². The van der Waals surface area contributed by atoms with Gasteiger partial charge in [0.05, 0.1) is 6.61 Å². The average Bonchev–Trinajstić information content (AvgIpc) is 2.93.